The predicted octanol–water partition coefficient (Wildman–Crippen LogP) is 2.74. The van der Waals surface area contributed by atoms with Gasteiger partial charge in [0.25, 0.3) is 0 Å². The lowest BCUT2D eigenvalue weighted by Gasteiger charge is -2.31. The quantitative estimate of drug-likeness (QED) is 0.811. The number of nitrogens with one attached hydrogen (secondary N) is 2. The van der Waals surface area contributed by atoms with Crippen LogP contribution in [0, 0.1) is 11.8 Å². The van der Waals surface area contributed by atoms with Crippen molar-refractivity contribution >= 4 is 18.3 Å². The van der Waals surface area contributed by atoms with Crippen LogP contribution < -0.4 is 10.6 Å². The molecule has 0 aliphatic carbocycles. The summed E-state index contributed by atoms with van der Waals surface area (Å²) in [6, 6.07) is 0.732. The molecule has 0 aromatic rings. The summed E-state index contributed by atoms with van der Waals surface area (Å²) in [6.07, 6.45) is 4.07. The van der Waals surface area contributed by atoms with Crippen molar-refractivity contribution in [3.8, 4) is 0 Å². The highest BCUT2D eigenvalue weighted by Crippen LogP contribution is 2.15. The molecule has 1 amide bonds. The monoisotopic (exact) mass is 276 g/mol. The van der Waals surface area contributed by atoms with Gasteiger partial charge >= 0.3 is 0 Å². The highest BCUT2D eigenvalue weighted by Gasteiger charge is 2.22. The molecule has 1 fully saturated rings. The van der Waals surface area contributed by atoms with Crippen LogP contribution in [0.4, 0.5) is 0 Å². The van der Waals surface area contributed by atoms with Crippen LogP contribution >= 0.6 is 12.4 Å². The number of carbonyl (C=O) groups is 1. The third-order valence-electron chi connectivity index (χ3n) is 3.52. The van der Waals surface area contributed by atoms with Crippen LogP contribution in [-0.2, 0) is 4.79 Å². The Morgan fingerprint density at radius 2 is 2.06 bits per heavy atom. The van der Waals surface area contributed by atoms with Crippen LogP contribution in [-0.4, -0.2) is 24.5 Å². The average Bonchev–Trinajstić information content (AvgIpc) is 2.19. The van der Waals surface area contributed by atoms with Gasteiger partial charge in [-0.25, -0.2) is 0 Å². The van der Waals surface area contributed by atoms with E-state index in [1.54, 1.807) is 0 Å². The Hall–Kier alpha value is -0.280. The second-order valence-electron chi connectivity index (χ2n) is 6.00. The molecular weight excluding hydrogens is 248 g/mol. The van der Waals surface area contributed by atoms with E-state index < -0.39 is 0 Å². The molecule has 1 aliphatic rings. The number of hydrogen-bond donors (Lipinski definition) is 2. The topological polar surface area (TPSA) is 41.1 Å². The number of rotatable bonds is 5. The Morgan fingerprint density at radius 1 is 1.39 bits per heavy atom. The zero-order chi connectivity index (χ0) is 12.8. The van der Waals surface area contributed by atoms with Gasteiger partial charge in [-0.05, 0) is 44.6 Å². The van der Waals surface area contributed by atoms with Crippen molar-refractivity contribution < 1.29 is 4.79 Å². The van der Waals surface area contributed by atoms with Crippen molar-refractivity contribution in [2.45, 2.75) is 65.5 Å². The van der Waals surface area contributed by atoms with Crippen molar-refractivity contribution in [1.29, 1.82) is 0 Å². The molecule has 108 valence electrons. The Morgan fingerprint density at radius 3 is 2.61 bits per heavy atom. The first-order chi connectivity index (χ1) is 7.99. The van der Waals surface area contributed by atoms with E-state index in [2.05, 4.69) is 38.3 Å². The van der Waals surface area contributed by atoms with Crippen molar-refractivity contribution in [1.82, 2.24) is 10.6 Å². The van der Waals surface area contributed by atoms with E-state index in [4.69, 9.17) is 0 Å². The zero-order valence-corrected chi connectivity index (χ0v) is 13.0. The van der Waals surface area contributed by atoms with Crippen molar-refractivity contribution in [2.24, 2.45) is 11.8 Å². The summed E-state index contributed by atoms with van der Waals surface area (Å²) in [5.74, 6) is 1.38. The molecule has 0 aromatic heterocycles. The van der Waals surface area contributed by atoms with Crippen LogP contribution in [0.1, 0.15) is 53.4 Å². The highest BCUT2D eigenvalue weighted by molar-refractivity contribution is 5.85. The molecule has 0 radical (unpaired) electrons. The fourth-order valence-electron chi connectivity index (χ4n) is 2.71. The molecule has 1 saturated heterocycles. The maximum atomic E-state index is 11.9. The predicted molar refractivity (Wildman–Crippen MR) is 79.1 cm³/mol. The van der Waals surface area contributed by atoms with Gasteiger partial charge < -0.3 is 10.6 Å². The van der Waals surface area contributed by atoms with E-state index in [1.807, 2.05) is 0 Å². The molecule has 0 bridgehead atoms. The Kier molecular flexibility index (Phi) is 8.62. The number of carbonyl (C=O) groups excluding carboxylic acids is 1. The highest BCUT2D eigenvalue weighted by atomic mass is 35.5. The summed E-state index contributed by atoms with van der Waals surface area (Å²) in [7, 11) is 0. The number of halogens is 1. The third kappa shape index (κ3) is 6.60. The lowest BCUT2D eigenvalue weighted by atomic mass is 9.95. The van der Waals surface area contributed by atoms with Crippen LogP contribution in [0.3, 0.4) is 0 Å². The van der Waals surface area contributed by atoms with E-state index in [9.17, 15) is 4.79 Å². The van der Waals surface area contributed by atoms with E-state index in [1.165, 1.54) is 0 Å². The fourth-order valence-corrected chi connectivity index (χ4v) is 2.71. The summed E-state index contributed by atoms with van der Waals surface area (Å²) in [5.41, 5.74) is 0. The van der Waals surface area contributed by atoms with E-state index in [0.29, 0.717) is 30.3 Å². The normalized spacial score (nSPS) is 25.4. The first-order valence-electron chi connectivity index (χ1n) is 7.01. The summed E-state index contributed by atoms with van der Waals surface area (Å²) in [5, 5.41) is 6.58. The van der Waals surface area contributed by atoms with Crippen molar-refractivity contribution in [3.63, 3.8) is 0 Å². The largest absolute Gasteiger partial charge is 0.352 e. The molecule has 3 unspecified atom stereocenters. The van der Waals surface area contributed by atoms with Crippen molar-refractivity contribution in [3.05, 3.63) is 0 Å². The van der Waals surface area contributed by atoms with Gasteiger partial charge in [0.2, 0.25) is 5.91 Å². The van der Waals surface area contributed by atoms with Crippen LogP contribution in [0.5, 0.6) is 0 Å². The number of hydrogen-bond acceptors (Lipinski definition) is 2. The summed E-state index contributed by atoms with van der Waals surface area (Å²) >= 11 is 0. The van der Waals surface area contributed by atoms with Gasteiger partial charge in [0.1, 0.15) is 0 Å². The number of piperidine rings is 1. The zero-order valence-electron chi connectivity index (χ0n) is 12.2. The molecule has 0 saturated carbocycles. The van der Waals surface area contributed by atoms with Gasteiger partial charge in [0.05, 0.1) is 0 Å². The first kappa shape index (κ1) is 17.7. The minimum atomic E-state index is 0. The van der Waals surface area contributed by atoms with Gasteiger partial charge in [-0.1, -0.05) is 20.8 Å². The molecule has 1 rings (SSSR count). The maximum Gasteiger partial charge on any atom is 0.220 e. The molecular formula is C14H29ClN2O. The standard InChI is InChI=1S/C14H28N2O.ClH/c1-10(2)8-11(3)9-14(17)16-13-6-5-7-15-12(13)4;/h10-13,15H,5-9H2,1-4H3,(H,16,17);1H. The van der Waals surface area contributed by atoms with E-state index in [0.717, 1.165) is 25.8 Å². The maximum absolute atomic E-state index is 11.9. The van der Waals surface area contributed by atoms with Gasteiger partial charge in [-0.2, -0.15) is 0 Å². The second-order valence-corrected chi connectivity index (χ2v) is 6.00. The minimum absolute atomic E-state index is 0. The molecule has 18 heavy (non-hydrogen) atoms. The fraction of sp³-hybridized carbons (Fsp3) is 0.929. The van der Waals surface area contributed by atoms with Crippen LogP contribution in [0.2, 0.25) is 0 Å². The molecule has 3 nitrogen and oxygen atoms in total. The molecule has 2 N–H and O–H groups in total. The Balaban J connectivity index is 0.00000289. The lowest BCUT2D eigenvalue weighted by molar-refractivity contribution is -0.123. The minimum Gasteiger partial charge on any atom is -0.352 e. The molecule has 1 heterocycles. The lowest BCUT2D eigenvalue weighted by Crippen LogP contribution is -2.52. The van der Waals surface area contributed by atoms with Gasteiger partial charge in [0.15, 0.2) is 0 Å². The van der Waals surface area contributed by atoms with Gasteiger partial charge in [0, 0.05) is 18.5 Å². The Labute approximate surface area is 118 Å². The van der Waals surface area contributed by atoms with Gasteiger partial charge in [-0.15, -0.1) is 12.4 Å². The summed E-state index contributed by atoms with van der Waals surface area (Å²) < 4.78 is 0. The van der Waals surface area contributed by atoms with Crippen LogP contribution in [0.15, 0.2) is 0 Å². The molecule has 0 spiro atoms. The van der Waals surface area contributed by atoms with Crippen LogP contribution in [0.25, 0.3) is 0 Å². The van der Waals surface area contributed by atoms with E-state index in [-0.39, 0.29) is 18.3 Å². The third-order valence-corrected chi connectivity index (χ3v) is 3.52. The average molecular weight is 277 g/mol. The number of amides is 1. The first-order valence-corrected chi connectivity index (χ1v) is 7.01. The van der Waals surface area contributed by atoms with E-state index >= 15 is 0 Å². The summed E-state index contributed by atoms with van der Waals surface area (Å²) in [4.78, 5) is 11.9. The molecule has 0 aromatic carbocycles. The smallest absolute Gasteiger partial charge is 0.220 e. The SMILES string of the molecule is CC(C)CC(C)CC(=O)NC1CCCNC1C.Cl. The molecule has 4 heteroatoms. The Bertz CT molecular complexity index is 246. The van der Waals surface area contributed by atoms with Gasteiger partial charge in [-0.3, -0.25) is 4.79 Å². The summed E-state index contributed by atoms with van der Waals surface area (Å²) in [6.45, 7) is 9.82. The molecule has 3 atom stereocenters. The van der Waals surface area contributed by atoms with Crippen molar-refractivity contribution in [2.75, 3.05) is 6.54 Å². The second kappa shape index (κ2) is 8.76. The molecule has 1 aliphatic heterocycles.